The Bertz CT molecular complexity index is 939. The van der Waals surface area contributed by atoms with Crippen molar-refractivity contribution in [2.45, 2.75) is 42.2 Å². The van der Waals surface area contributed by atoms with Gasteiger partial charge in [-0.3, -0.25) is 0 Å². The maximum absolute atomic E-state index is 10.1. The summed E-state index contributed by atoms with van der Waals surface area (Å²) in [5.74, 6) is 1.83. The van der Waals surface area contributed by atoms with E-state index in [1.807, 2.05) is 30.3 Å². The Morgan fingerprint density at radius 3 is 2.62 bits per heavy atom. The summed E-state index contributed by atoms with van der Waals surface area (Å²) in [6, 6.07) is 12.2. The third kappa shape index (κ3) is 3.22. The van der Waals surface area contributed by atoms with Crippen LogP contribution in [-0.4, -0.2) is 18.8 Å². The second-order valence-electron chi connectivity index (χ2n) is 7.12. The normalized spacial score (nSPS) is 14.5. The summed E-state index contributed by atoms with van der Waals surface area (Å²) in [6.45, 7) is 5.37. The summed E-state index contributed by atoms with van der Waals surface area (Å²) in [7, 11) is 1.68. The average Bonchev–Trinajstić information content (AvgIpc) is 2.99. The average molecular weight is 369 g/mol. The summed E-state index contributed by atoms with van der Waals surface area (Å²) < 4.78 is 11.7. The number of furan rings is 1. The highest BCUT2D eigenvalue weighted by Crippen LogP contribution is 2.40. The van der Waals surface area contributed by atoms with Gasteiger partial charge in [0.15, 0.2) is 11.3 Å². The third-order valence-corrected chi connectivity index (χ3v) is 5.74. The van der Waals surface area contributed by atoms with Crippen LogP contribution in [0.5, 0.6) is 5.75 Å². The van der Waals surface area contributed by atoms with E-state index in [2.05, 4.69) is 11.4 Å². The molecule has 0 aliphatic carbocycles. The highest BCUT2D eigenvalue weighted by atomic mass is 32.2. The molecule has 0 saturated heterocycles. The van der Waals surface area contributed by atoms with Gasteiger partial charge in [-0.05, 0) is 43.7 Å². The molecule has 4 nitrogen and oxygen atoms in total. The standard InChI is InChI=1S/C21H23NO3S/c1-21(2,23)13-4-6-14(7-5-13)26-15-10-16-17-12-22-9-8-18(17)25-20(16)19(11-15)24-3/h4-7,10-11,22-23H,8-9,12H2,1-3H3. The van der Waals surface area contributed by atoms with E-state index in [1.54, 1.807) is 32.7 Å². The minimum absolute atomic E-state index is 0.771. The third-order valence-electron chi connectivity index (χ3n) is 4.76. The Hall–Kier alpha value is -1.95. The van der Waals surface area contributed by atoms with E-state index in [9.17, 15) is 5.11 Å². The van der Waals surface area contributed by atoms with Crippen molar-refractivity contribution in [1.29, 1.82) is 0 Å². The van der Waals surface area contributed by atoms with Crippen LogP contribution < -0.4 is 10.1 Å². The largest absolute Gasteiger partial charge is 0.493 e. The number of rotatable bonds is 4. The molecule has 2 aromatic carbocycles. The van der Waals surface area contributed by atoms with Crippen molar-refractivity contribution in [2.75, 3.05) is 13.7 Å². The van der Waals surface area contributed by atoms with E-state index >= 15 is 0 Å². The van der Waals surface area contributed by atoms with Crippen LogP contribution in [0.25, 0.3) is 11.0 Å². The van der Waals surface area contributed by atoms with Crippen molar-refractivity contribution in [3.05, 3.63) is 53.3 Å². The zero-order valence-electron chi connectivity index (χ0n) is 15.3. The van der Waals surface area contributed by atoms with Gasteiger partial charge in [0.1, 0.15) is 5.76 Å². The Balaban J connectivity index is 1.70. The molecular formula is C21H23NO3S. The number of benzene rings is 2. The summed E-state index contributed by atoms with van der Waals surface area (Å²) in [5.41, 5.74) is 2.16. The molecule has 0 fully saturated rings. The molecule has 136 valence electrons. The fourth-order valence-corrected chi connectivity index (χ4v) is 4.22. The Morgan fingerprint density at radius 1 is 1.15 bits per heavy atom. The molecule has 0 saturated carbocycles. The molecule has 0 spiro atoms. The molecule has 26 heavy (non-hydrogen) atoms. The molecular weight excluding hydrogens is 346 g/mol. The van der Waals surface area contributed by atoms with Gasteiger partial charge < -0.3 is 19.6 Å². The summed E-state index contributed by atoms with van der Waals surface area (Å²) in [4.78, 5) is 2.23. The fourth-order valence-electron chi connectivity index (χ4n) is 3.33. The van der Waals surface area contributed by atoms with Crippen LogP contribution in [0.15, 0.2) is 50.6 Å². The Kier molecular flexibility index (Phi) is 4.47. The van der Waals surface area contributed by atoms with E-state index in [0.29, 0.717) is 0 Å². The van der Waals surface area contributed by atoms with Crippen LogP contribution in [0.3, 0.4) is 0 Å². The van der Waals surface area contributed by atoms with Gasteiger partial charge in [-0.15, -0.1) is 0 Å². The van der Waals surface area contributed by atoms with Crippen LogP contribution in [0.1, 0.15) is 30.7 Å². The first-order chi connectivity index (χ1) is 12.5. The second kappa shape index (κ2) is 6.65. The molecule has 1 aliphatic heterocycles. The topological polar surface area (TPSA) is 54.6 Å². The SMILES string of the molecule is COc1cc(Sc2ccc(C(C)(C)O)cc2)cc2c3c(oc12)CCNC3. The molecule has 0 bridgehead atoms. The highest BCUT2D eigenvalue weighted by molar-refractivity contribution is 7.99. The zero-order chi connectivity index (χ0) is 18.3. The van der Waals surface area contributed by atoms with Gasteiger partial charge in [-0.1, -0.05) is 23.9 Å². The van der Waals surface area contributed by atoms with Crippen LogP contribution in [0.4, 0.5) is 0 Å². The maximum Gasteiger partial charge on any atom is 0.176 e. The predicted molar refractivity (Wildman–Crippen MR) is 104 cm³/mol. The van der Waals surface area contributed by atoms with E-state index in [1.165, 1.54) is 5.56 Å². The number of hydrogen-bond donors (Lipinski definition) is 2. The van der Waals surface area contributed by atoms with Gasteiger partial charge in [-0.25, -0.2) is 0 Å². The molecule has 0 atom stereocenters. The van der Waals surface area contributed by atoms with Crippen molar-refractivity contribution < 1.29 is 14.3 Å². The maximum atomic E-state index is 10.1. The van der Waals surface area contributed by atoms with Gasteiger partial charge in [0.25, 0.3) is 0 Å². The monoisotopic (exact) mass is 369 g/mol. The molecule has 5 heteroatoms. The van der Waals surface area contributed by atoms with Crippen molar-refractivity contribution >= 4 is 22.7 Å². The number of nitrogens with one attached hydrogen (secondary N) is 1. The van der Waals surface area contributed by atoms with Crippen molar-refractivity contribution in [3.8, 4) is 5.75 Å². The number of fused-ring (bicyclic) bond motifs is 3. The lowest BCUT2D eigenvalue weighted by Crippen LogP contribution is -2.22. The molecule has 1 aromatic heterocycles. The molecule has 0 radical (unpaired) electrons. The van der Waals surface area contributed by atoms with Gasteiger partial charge in [0.05, 0.1) is 12.7 Å². The number of methoxy groups -OCH3 is 1. The van der Waals surface area contributed by atoms with Gasteiger partial charge in [-0.2, -0.15) is 0 Å². The Morgan fingerprint density at radius 2 is 1.92 bits per heavy atom. The highest BCUT2D eigenvalue weighted by Gasteiger charge is 2.21. The van der Waals surface area contributed by atoms with Crippen LogP contribution in [0, 0.1) is 0 Å². The quantitative estimate of drug-likeness (QED) is 0.711. The molecule has 4 rings (SSSR count). The van der Waals surface area contributed by atoms with Gasteiger partial charge in [0.2, 0.25) is 0 Å². The van der Waals surface area contributed by atoms with Crippen LogP contribution in [-0.2, 0) is 18.6 Å². The number of hydrogen-bond acceptors (Lipinski definition) is 5. The summed E-state index contributed by atoms with van der Waals surface area (Å²) in [6.07, 6.45) is 0.911. The van der Waals surface area contributed by atoms with E-state index in [-0.39, 0.29) is 0 Å². The van der Waals surface area contributed by atoms with E-state index in [0.717, 1.165) is 57.3 Å². The van der Waals surface area contributed by atoms with Crippen molar-refractivity contribution in [2.24, 2.45) is 0 Å². The van der Waals surface area contributed by atoms with Crippen LogP contribution in [0.2, 0.25) is 0 Å². The van der Waals surface area contributed by atoms with E-state index < -0.39 is 5.60 Å². The minimum Gasteiger partial charge on any atom is -0.493 e. The van der Waals surface area contributed by atoms with Crippen LogP contribution >= 0.6 is 11.8 Å². The molecule has 2 heterocycles. The lowest BCUT2D eigenvalue weighted by Gasteiger charge is -2.17. The summed E-state index contributed by atoms with van der Waals surface area (Å²) in [5, 5.41) is 14.6. The summed E-state index contributed by atoms with van der Waals surface area (Å²) >= 11 is 1.68. The molecule has 3 aromatic rings. The smallest absolute Gasteiger partial charge is 0.176 e. The zero-order valence-corrected chi connectivity index (χ0v) is 16.1. The first-order valence-corrected chi connectivity index (χ1v) is 9.61. The lowest BCUT2D eigenvalue weighted by molar-refractivity contribution is 0.0785. The first kappa shape index (κ1) is 17.5. The molecule has 1 aliphatic rings. The molecule has 2 N–H and O–H groups in total. The first-order valence-electron chi connectivity index (χ1n) is 8.79. The van der Waals surface area contributed by atoms with Crippen molar-refractivity contribution in [1.82, 2.24) is 5.32 Å². The number of aliphatic hydroxyl groups is 1. The molecule has 0 amide bonds. The molecule has 0 unspecified atom stereocenters. The van der Waals surface area contributed by atoms with Gasteiger partial charge in [0, 0.05) is 40.3 Å². The number of ether oxygens (including phenoxy) is 1. The Labute approximate surface area is 157 Å². The van der Waals surface area contributed by atoms with Gasteiger partial charge >= 0.3 is 0 Å². The second-order valence-corrected chi connectivity index (χ2v) is 8.27. The fraction of sp³-hybridized carbons (Fsp3) is 0.333. The van der Waals surface area contributed by atoms with E-state index in [4.69, 9.17) is 9.15 Å². The predicted octanol–water partition coefficient (Wildman–Crippen LogP) is 4.47. The minimum atomic E-state index is -0.825. The van der Waals surface area contributed by atoms with Crippen molar-refractivity contribution in [3.63, 3.8) is 0 Å². The lowest BCUT2D eigenvalue weighted by atomic mass is 9.99.